The zero-order valence-electron chi connectivity index (χ0n) is 15.0. The van der Waals surface area contributed by atoms with Gasteiger partial charge < -0.3 is 5.11 Å². The molecule has 3 aromatic rings. The SMILES string of the molecule is CCC(C(=O)O)S(=O)(=O)c1nn(-c2cccc(F)c2F)c(-c2ccccc2)c1Br. The molecular weight excluding hydrogens is 470 g/mol. The third kappa shape index (κ3) is 3.69. The number of nitrogens with zero attached hydrogens (tertiary/aromatic N) is 2. The van der Waals surface area contributed by atoms with E-state index in [4.69, 9.17) is 0 Å². The number of carbonyl (C=O) groups is 1. The highest BCUT2D eigenvalue weighted by Crippen LogP contribution is 2.37. The molecule has 0 radical (unpaired) electrons. The second kappa shape index (κ2) is 8.03. The van der Waals surface area contributed by atoms with Crippen molar-refractivity contribution in [2.75, 3.05) is 0 Å². The molecule has 0 aliphatic rings. The summed E-state index contributed by atoms with van der Waals surface area (Å²) < 4.78 is 55.1. The summed E-state index contributed by atoms with van der Waals surface area (Å²) >= 11 is 3.19. The fourth-order valence-electron chi connectivity index (χ4n) is 2.90. The molecule has 6 nitrogen and oxygen atoms in total. The van der Waals surface area contributed by atoms with E-state index in [2.05, 4.69) is 21.0 Å². The number of carboxylic acids is 1. The summed E-state index contributed by atoms with van der Waals surface area (Å²) in [4.78, 5) is 11.5. The van der Waals surface area contributed by atoms with Crippen molar-refractivity contribution in [1.82, 2.24) is 9.78 Å². The fraction of sp³-hybridized carbons (Fsp3) is 0.158. The van der Waals surface area contributed by atoms with Gasteiger partial charge in [0.25, 0.3) is 0 Å². The van der Waals surface area contributed by atoms with Crippen LogP contribution in [0.25, 0.3) is 16.9 Å². The van der Waals surface area contributed by atoms with Crippen molar-refractivity contribution in [3.8, 4) is 16.9 Å². The van der Waals surface area contributed by atoms with Crippen molar-refractivity contribution in [2.45, 2.75) is 23.6 Å². The number of rotatable bonds is 6. The van der Waals surface area contributed by atoms with Gasteiger partial charge in [-0.05, 0) is 34.5 Å². The van der Waals surface area contributed by atoms with Crippen LogP contribution in [-0.2, 0) is 14.6 Å². The van der Waals surface area contributed by atoms with E-state index in [1.807, 2.05) is 0 Å². The molecule has 0 fully saturated rings. The Balaban J connectivity index is 2.37. The number of hydrogen-bond acceptors (Lipinski definition) is 4. The molecule has 0 bridgehead atoms. The molecule has 0 saturated heterocycles. The highest BCUT2D eigenvalue weighted by atomic mass is 79.9. The Morgan fingerprint density at radius 2 is 1.83 bits per heavy atom. The summed E-state index contributed by atoms with van der Waals surface area (Å²) in [5.41, 5.74) is 0.309. The predicted molar refractivity (Wildman–Crippen MR) is 106 cm³/mol. The van der Waals surface area contributed by atoms with Crippen molar-refractivity contribution < 1.29 is 27.1 Å². The monoisotopic (exact) mass is 484 g/mol. The van der Waals surface area contributed by atoms with Gasteiger partial charge in [-0.1, -0.05) is 43.3 Å². The van der Waals surface area contributed by atoms with Gasteiger partial charge in [0, 0.05) is 5.56 Å². The Morgan fingerprint density at radius 3 is 2.41 bits per heavy atom. The van der Waals surface area contributed by atoms with Gasteiger partial charge in [-0.15, -0.1) is 0 Å². The van der Waals surface area contributed by atoms with E-state index in [1.54, 1.807) is 30.3 Å². The minimum absolute atomic E-state index is 0.0351. The second-order valence-corrected chi connectivity index (χ2v) is 8.94. The van der Waals surface area contributed by atoms with Crippen LogP contribution in [0.2, 0.25) is 0 Å². The van der Waals surface area contributed by atoms with Crippen molar-refractivity contribution in [3.63, 3.8) is 0 Å². The molecule has 1 atom stereocenters. The van der Waals surface area contributed by atoms with Crippen LogP contribution >= 0.6 is 15.9 Å². The molecule has 0 aliphatic carbocycles. The number of benzene rings is 2. The molecule has 29 heavy (non-hydrogen) atoms. The quantitative estimate of drug-likeness (QED) is 0.565. The van der Waals surface area contributed by atoms with Crippen molar-refractivity contribution in [1.29, 1.82) is 0 Å². The van der Waals surface area contributed by atoms with Gasteiger partial charge in [-0.2, -0.15) is 5.10 Å². The molecule has 0 amide bonds. The van der Waals surface area contributed by atoms with Crippen LogP contribution < -0.4 is 0 Å². The first-order valence-electron chi connectivity index (χ1n) is 8.45. The Labute approximate surface area is 173 Å². The van der Waals surface area contributed by atoms with Crippen LogP contribution in [0.15, 0.2) is 58.0 Å². The zero-order valence-corrected chi connectivity index (χ0v) is 17.4. The van der Waals surface area contributed by atoms with Crippen LogP contribution in [0.4, 0.5) is 8.78 Å². The van der Waals surface area contributed by atoms with E-state index in [0.29, 0.717) is 5.56 Å². The molecule has 0 saturated carbocycles. The van der Waals surface area contributed by atoms with E-state index in [1.165, 1.54) is 19.1 Å². The van der Waals surface area contributed by atoms with E-state index in [9.17, 15) is 27.1 Å². The van der Waals surface area contributed by atoms with Crippen molar-refractivity contribution in [3.05, 3.63) is 64.6 Å². The van der Waals surface area contributed by atoms with Gasteiger partial charge in [0.2, 0.25) is 9.84 Å². The van der Waals surface area contributed by atoms with Gasteiger partial charge in [0.05, 0.1) is 10.2 Å². The minimum Gasteiger partial charge on any atom is -0.480 e. The van der Waals surface area contributed by atoms with Gasteiger partial charge in [0.15, 0.2) is 21.9 Å². The summed E-state index contributed by atoms with van der Waals surface area (Å²) in [6, 6.07) is 11.8. The van der Waals surface area contributed by atoms with Gasteiger partial charge in [-0.25, -0.2) is 21.9 Å². The molecule has 1 aromatic heterocycles. The standard InChI is InChI=1S/C19H15BrF2N2O4S/c1-2-14(19(25)26)29(27,28)18-15(20)17(11-7-4-3-5-8-11)24(23-18)13-10-6-9-12(21)16(13)22/h3-10,14H,2H2,1H3,(H,25,26). The summed E-state index contributed by atoms with van der Waals surface area (Å²) in [6.07, 6.45) is -0.189. The smallest absolute Gasteiger partial charge is 0.322 e. The molecule has 1 unspecified atom stereocenters. The lowest BCUT2D eigenvalue weighted by Gasteiger charge is -2.09. The topological polar surface area (TPSA) is 89.3 Å². The Morgan fingerprint density at radius 1 is 1.17 bits per heavy atom. The first kappa shape index (κ1) is 21.1. The molecule has 0 spiro atoms. The molecule has 0 aliphatic heterocycles. The van der Waals surface area contributed by atoms with Gasteiger partial charge in [0.1, 0.15) is 5.69 Å². The largest absolute Gasteiger partial charge is 0.480 e. The molecule has 3 rings (SSSR count). The molecule has 152 valence electrons. The van der Waals surface area contributed by atoms with E-state index < -0.39 is 37.7 Å². The third-order valence-corrected chi connectivity index (χ3v) is 7.42. The van der Waals surface area contributed by atoms with E-state index in [-0.39, 0.29) is 22.3 Å². The average molecular weight is 485 g/mol. The highest BCUT2D eigenvalue weighted by molar-refractivity contribution is 9.10. The lowest BCUT2D eigenvalue weighted by Crippen LogP contribution is -2.30. The number of aliphatic carboxylic acids is 1. The van der Waals surface area contributed by atoms with E-state index >= 15 is 0 Å². The van der Waals surface area contributed by atoms with Gasteiger partial charge >= 0.3 is 5.97 Å². The van der Waals surface area contributed by atoms with Crippen LogP contribution in [0.3, 0.4) is 0 Å². The maximum atomic E-state index is 14.5. The molecule has 2 aromatic carbocycles. The predicted octanol–water partition coefficient (Wildman–Crippen LogP) is 4.22. The first-order valence-corrected chi connectivity index (χ1v) is 10.8. The number of hydrogen-bond donors (Lipinski definition) is 1. The molecular formula is C19H15BrF2N2O4S. The molecule has 10 heteroatoms. The number of aromatic nitrogens is 2. The Hall–Kier alpha value is -2.59. The van der Waals surface area contributed by atoms with Crippen LogP contribution in [-0.4, -0.2) is 34.5 Å². The lowest BCUT2D eigenvalue weighted by molar-refractivity contribution is -0.136. The highest BCUT2D eigenvalue weighted by Gasteiger charge is 2.38. The van der Waals surface area contributed by atoms with Crippen LogP contribution in [0, 0.1) is 11.6 Å². The summed E-state index contributed by atoms with van der Waals surface area (Å²) in [5, 5.41) is 11.0. The zero-order chi connectivity index (χ0) is 21.3. The number of halogens is 3. The van der Waals surface area contributed by atoms with Crippen LogP contribution in [0.5, 0.6) is 0 Å². The number of sulfone groups is 1. The normalized spacial score (nSPS) is 12.7. The minimum atomic E-state index is -4.42. The summed E-state index contributed by atoms with van der Waals surface area (Å²) in [5.74, 6) is -3.87. The molecule has 1 heterocycles. The Bertz CT molecular complexity index is 1180. The third-order valence-electron chi connectivity index (χ3n) is 4.30. The van der Waals surface area contributed by atoms with Crippen LogP contribution in [0.1, 0.15) is 13.3 Å². The second-order valence-electron chi connectivity index (χ2n) is 6.10. The maximum absolute atomic E-state index is 14.5. The van der Waals surface area contributed by atoms with Crippen molar-refractivity contribution >= 4 is 31.7 Å². The summed E-state index contributed by atoms with van der Waals surface area (Å²) in [7, 11) is -4.42. The number of carboxylic acid groups (broad SMARTS) is 1. The first-order chi connectivity index (χ1) is 13.7. The molecule has 1 N–H and O–H groups in total. The van der Waals surface area contributed by atoms with Gasteiger partial charge in [-0.3, -0.25) is 4.79 Å². The van der Waals surface area contributed by atoms with Crippen molar-refractivity contribution in [2.24, 2.45) is 0 Å². The van der Waals surface area contributed by atoms with E-state index in [0.717, 1.165) is 10.7 Å². The Kier molecular flexibility index (Phi) is 5.85. The fourth-order valence-corrected chi connectivity index (χ4v) is 5.57. The average Bonchev–Trinajstić information content (AvgIpc) is 3.02. The maximum Gasteiger partial charge on any atom is 0.322 e. The summed E-state index contributed by atoms with van der Waals surface area (Å²) in [6.45, 7) is 1.42. The lowest BCUT2D eigenvalue weighted by atomic mass is 10.1.